The summed E-state index contributed by atoms with van der Waals surface area (Å²) in [6.07, 6.45) is 4.48. The van der Waals surface area contributed by atoms with Gasteiger partial charge in [-0.1, -0.05) is 0 Å². The van der Waals surface area contributed by atoms with Crippen molar-refractivity contribution in [1.29, 1.82) is 0 Å². The lowest BCUT2D eigenvalue weighted by molar-refractivity contribution is 0.319. The normalized spacial score (nSPS) is 16.4. The largest absolute Gasteiger partial charge is 0.468 e. The first-order chi connectivity index (χ1) is 6.86. The highest BCUT2D eigenvalue weighted by atomic mass is 16.3. The van der Waals surface area contributed by atoms with E-state index in [1.165, 1.54) is 12.8 Å². The molecule has 1 aliphatic rings. The van der Waals surface area contributed by atoms with Crippen LogP contribution in [0.3, 0.4) is 0 Å². The molecule has 1 aromatic heterocycles. The van der Waals surface area contributed by atoms with E-state index < -0.39 is 0 Å². The van der Waals surface area contributed by atoms with Gasteiger partial charge in [0.1, 0.15) is 5.76 Å². The average molecular weight is 194 g/mol. The van der Waals surface area contributed by atoms with Gasteiger partial charge < -0.3 is 14.6 Å². The van der Waals surface area contributed by atoms with Gasteiger partial charge in [0.25, 0.3) is 0 Å². The van der Waals surface area contributed by atoms with Crippen LogP contribution in [-0.2, 0) is 6.54 Å². The maximum atomic E-state index is 5.22. The fourth-order valence-corrected chi connectivity index (χ4v) is 1.58. The van der Waals surface area contributed by atoms with Gasteiger partial charge in [0.15, 0.2) is 0 Å². The van der Waals surface area contributed by atoms with Gasteiger partial charge in [0, 0.05) is 19.1 Å². The molecule has 14 heavy (non-hydrogen) atoms. The number of hydrogen-bond acceptors (Lipinski definition) is 3. The highest BCUT2D eigenvalue weighted by molar-refractivity contribution is 4.97. The maximum absolute atomic E-state index is 5.22. The van der Waals surface area contributed by atoms with E-state index in [1.807, 2.05) is 12.1 Å². The topological polar surface area (TPSA) is 28.4 Å². The predicted octanol–water partition coefficient (Wildman–Crippen LogP) is 1.46. The lowest BCUT2D eigenvalue weighted by Gasteiger charge is -2.15. The van der Waals surface area contributed by atoms with E-state index in [1.54, 1.807) is 6.26 Å². The van der Waals surface area contributed by atoms with E-state index >= 15 is 0 Å². The summed E-state index contributed by atoms with van der Waals surface area (Å²) in [6.45, 7) is 3.00. The average Bonchev–Trinajstić information content (AvgIpc) is 2.92. The molecule has 0 aromatic carbocycles. The molecular formula is C11H18N2O. The molecule has 1 fully saturated rings. The van der Waals surface area contributed by atoms with Crippen molar-refractivity contribution in [2.45, 2.75) is 25.4 Å². The summed E-state index contributed by atoms with van der Waals surface area (Å²) in [7, 11) is 2.20. The summed E-state index contributed by atoms with van der Waals surface area (Å²) in [4.78, 5) is 2.43. The zero-order valence-corrected chi connectivity index (χ0v) is 8.70. The Morgan fingerprint density at radius 2 is 2.43 bits per heavy atom. The monoisotopic (exact) mass is 194 g/mol. The summed E-state index contributed by atoms with van der Waals surface area (Å²) in [5, 5.41) is 3.37. The van der Waals surface area contributed by atoms with Gasteiger partial charge in [-0.25, -0.2) is 0 Å². The number of hydrogen-bond donors (Lipinski definition) is 1. The van der Waals surface area contributed by atoms with Gasteiger partial charge in [-0.2, -0.15) is 0 Å². The first-order valence-corrected chi connectivity index (χ1v) is 5.29. The smallest absolute Gasteiger partial charge is 0.117 e. The Balaban J connectivity index is 1.54. The van der Waals surface area contributed by atoms with Crippen LogP contribution in [0.25, 0.3) is 0 Å². The predicted molar refractivity (Wildman–Crippen MR) is 56.1 cm³/mol. The van der Waals surface area contributed by atoms with Crippen molar-refractivity contribution in [3.05, 3.63) is 24.2 Å². The molecule has 2 rings (SSSR count). The Hall–Kier alpha value is -0.800. The Bertz CT molecular complexity index is 254. The molecule has 78 valence electrons. The van der Waals surface area contributed by atoms with Crippen molar-refractivity contribution in [2.75, 3.05) is 20.1 Å². The Morgan fingerprint density at radius 3 is 3.07 bits per heavy atom. The molecule has 0 aliphatic heterocycles. The third-order valence-corrected chi connectivity index (χ3v) is 2.69. The standard InChI is InChI=1S/C11H18N2O/c1-13(10-4-5-10)7-6-12-9-11-3-2-8-14-11/h2-3,8,10,12H,4-7,9H2,1H3. The minimum absolute atomic E-state index is 0.839. The van der Waals surface area contributed by atoms with Crippen LogP contribution in [0.5, 0.6) is 0 Å². The van der Waals surface area contributed by atoms with Crippen molar-refractivity contribution >= 4 is 0 Å². The molecule has 1 aliphatic carbocycles. The fourth-order valence-electron chi connectivity index (χ4n) is 1.58. The SMILES string of the molecule is CN(CCNCc1ccco1)C1CC1. The first kappa shape index (κ1) is 9.74. The molecule has 0 amide bonds. The summed E-state index contributed by atoms with van der Waals surface area (Å²) < 4.78 is 5.22. The summed E-state index contributed by atoms with van der Waals surface area (Å²) in [6, 6.07) is 4.78. The van der Waals surface area contributed by atoms with Crippen LogP contribution in [0.2, 0.25) is 0 Å². The Kier molecular flexibility index (Phi) is 3.22. The van der Waals surface area contributed by atoms with Crippen molar-refractivity contribution < 1.29 is 4.42 Å². The Morgan fingerprint density at radius 1 is 1.57 bits per heavy atom. The minimum Gasteiger partial charge on any atom is -0.468 e. The first-order valence-electron chi connectivity index (χ1n) is 5.29. The second-order valence-electron chi connectivity index (χ2n) is 3.97. The number of likely N-dealkylation sites (N-methyl/N-ethyl adjacent to an activating group) is 1. The number of nitrogens with zero attached hydrogens (tertiary/aromatic N) is 1. The lowest BCUT2D eigenvalue weighted by atomic mass is 10.4. The van der Waals surface area contributed by atoms with Crippen LogP contribution < -0.4 is 5.32 Å². The van der Waals surface area contributed by atoms with Gasteiger partial charge in [-0.15, -0.1) is 0 Å². The van der Waals surface area contributed by atoms with E-state index in [0.29, 0.717) is 0 Å². The van der Waals surface area contributed by atoms with E-state index in [4.69, 9.17) is 4.42 Å². The molecule has 0 unspecified atom stereocenters. The zero-order valence-electron chi connectivity index (χ0n) is 8.70. The number of rotatable bonds is 6. The fraction of sp³-hybridized carbons (Fsp3) is 0.636. The van der Waals surface area contributed by atoms with Crippen molar-refractivity contribution in [3.8, 4) is 0 Å². The molecule has 3 heteroatoms. The molecule has 3 nitrogen and oxygen atoms in total. The summed E-state index contributed by atoms with van der Waals surface area (Å²) in [5.74, 6) is 1.01. The molecule has 1 N–H and O–H groups in total. The second kappa shape index (κ2) is 4.62. The number of nitrogens with one attached hydrogen (secondary N) is 1. The van der Waals surface area contributed by atoms with Crippen LogP contribution in [0.1, 0.15) is 18.6 Å². The molecule has 0 spiro atoms. The third kappa shape index (κ3) is 2.86. The van der Waals surface area contributed by atoms with Crippen LogP contribution in [0.15, 0.2) is 22.8 Å². The van der Waals surface area contributed by atoms with Crippen LogP contribution >= 0.6 is 0 Å². The van der Waals surface area contributed by atoms with Gasteiger partial charge in [0.2, 0.25) is 0 Å². The van der Waals surface area contributed by atoms with Gasteiger partial charge in [-0.3, -0.25) is 0 Å². The maximum Gasteiger partial charge on any atom is 0.117 e. The minimum atomic E-state index is 0.839. The van der Waals surface area contributed by atoms with Crippen LogP contribution in [0.4, 0.5) is 0 Å². The lowest BCUT2D eigenvalue weighted by Crippen LogP contribution is -2.30. The molecule has 1 aromatic rings. The third-order valence-electron chi connectivity index (χ3n) is 2.69. The van der Waals surface area contributed by atoms with E-state index in [-0.39, 0.29) is 0 Å². The molecule has 1 heterocycles. The molecule has 0 radical (unpaired) electrons. The van der Waals surface area contributed by atoms with Gasteiger partial charge in [0.05, 0.1) is 12.8 Å². The number of furan rings is 1. The van der Waals surface area contributed by atoms with Crippen molar-refractivity contribution in [1.82, 2.24) is 10.2 Å². The van der Waals surface area contributed by atoms with E-state index in [2.05, 4.69) is 17.3 Å². The van der Waals surface area contributed by atoms with Gasteiger partial charge in [-0.05, 0) is 32.0 Å². The molecule has 0 saturated heterocycles. The second-order valence-corrected chi connectivity index (χ2v) is 3.97. The quantitative estimate of drug-likeness (QED) is 0.695. The zero-order chi connectivity index (χ0) is 9.80. The highest BCUT2D eigenvalue weighted by Gasteiger charge is 2.25. The highest BCUT2D eigenvalue weighted by Crippen LogP contribution is 2.24. The van der Waals surface area contributed by atoms with Crippen LogP contribution in [-0.4, -0.2) is 31.1 Å². The summed E-state index contributed by atoms with van der Waals surface area (Å²) >= 11 is 0. The molecule has 0 atom stereocenters. The van der Waals surface area contributed by atoms with E-state index in [9.17, 15) is 0 Å². The molecule has 1 saturated carbocycles. The van der Waals surface area contributed by atoms with Crippen molar-refractivity contribution in [3.63, 3.8) is 0 Å². The van der Waals surface area contributed by atoms with Gasteiger partial charge >= 0.3 is 0 Å². The Labute approximate surface area is 85.1 Å². The van der Waals surface area contributed by atoms with E-state index in [0.717, 1.165) is 31.4 Å². The van der Waals surface area contributed by atoms with Crippen molar-refractivity contribution in [2.24, 2.45) is 0 Å². The molecule has 0 bridgehead atoms. The molecular weight excluding hydrogens is 176 g/mol. The van der Waals surface area contributed by atoms with Crippen LogP contribution in [0, 0.1) is 0 Å². The summed E-state index contributed by atoms with van der Waals surface area (Å²) in [5.41, 5.74) is 0.